The average molecular weight is 950 g/mol. The van der Waals surface area contributed by atoms with Gasteiger partial charge in [-0.05, 0) is 89.9 Å². The highest BCUT2D eigenvalue weighted by molar-refractivity contribution is 5.71. The zero-order chi connectivity index (χ0) is 49.3. The summed E-state index contributed by atoms with van der Waals surface area (Å²) in [4.78, 5) is 38.1. The molecule has 6 nitrogen and oxygen atoms in total. The molecule has 0 aliphatic rings. The predicted molar refractivity (Wildman–Crippen MR) is 293 cm³/mol. The minimum atomic E-state index is -0.791. The number of ether oxygens (including phenoxy) is 3. The first-order valence-corrected chi connectivity index (χ1v) is 28.9. The molecular weight excluding hydrogens is 841 g/mol. The Hall–Kier alpha value is -3.15. The number of rotatable bonds is 52. The third-order valence-electron chi connectivity index (χ3n) is 12.4. The third kappa shape index (κ3) is 53.8. The molecule has 0 bridgehead atoms. The smallest absolute Gasteiger partial charge is 0.306 e. The second-order valence-corrected chi connectivity index (χ2v) is 19.2. The Balaban J connectivity index is 4.41. The van der Waals surface area contributed by atoms with E-state index in [2.05, 4.69) is 93.7 Å². The number of allylic oxidation sites excluding steroid dienone is 12. The van der Waals surface area contributed by atoms with Crippen LogP contribution in [0.2, 0.25) is 0 Å². The highest BCUT2D eigenvalue weighted by atomic mass is 16.6. The van der Waals surface area contributed by atoms with Crippen LogP contribution < -0.4 is 0 Å². The van der Waals surface area contributed by atoms with Gasteiger partial charge in [0.15, 0.2) is 6.10 Å². The molecule has 392 valence electrons. The van der Waals surface area contributed by atoms with Gasteiger partial charge in [0.05, 0.1) is 0 Å². The van der Waals surface area contributed by atoms with Crippen molar-refractivity contribution in [3.63, 3.8) is 0 Å². The van der Waals surface area contributed by atoms with Gasteiger partial charge in [-0.1, -0.05) is 248 Å². The van der Waals surface area contributed by atoms with Crippen LogP contribution in [0.4, 0.5) is 0 Å². The molecule has 0 aromatic carbocycles. The molecule has 0 aliphatic carbocycles. The van der Waals surface area contributed by atoms with Crippen molar-refractivity contribution in [1.29, 1.82) is 0 Å². The molecule has 0 radical (unpaired) electrons. The summed E-state index contributed by atoms with van der Waals surface area (Å²) in [6, 6.07) is 0. The molecule has 0 saturated heterocycles. The van der Waals surface area contributed by atoms with E-state index in [0.29, 0.717) is 19.3 Å². The minimum absolute atomic E-state index is 0.0883. The first-order valence-electron chi connectivity index (χ1n) is 28.9. The third-order valence-corrected chi connectivity index (χ3v) is 12.4. The van der Waals surface area contributed by atoms with Gasteiger partial charge in [0, 0.05) is 19.3 Å². The van der Waals surface area contributed by atoms with Crippen LogP contribution in [0.5, 0.6) is 0 Å². The molecule has 0 heterocycles. The van der Waals surface area contributed by atoms with Crippen molar-refractivity contribution in [2.45, 2.75) is 290 Å². The van der Waals surface area contributed by atoms with Crippen molar-refractivity contribution in [2.24, 2.45) is 0 Å². The van der Waals surface area contributed by atoms with Crippen LogP contribution in [0.1, 0.15) is 284 Å². The summed E-state index contributed by atoms with van der Waals surface area (Å²) in [6.45, 7) is 6.50. The second-order valence-electron chi connectivity index (χ2n) is 19.2. The van der Waals surface area contributed by atoms with Crippen LogP contribution in [0.15, 0.2) is 72.9 Å². The lowest BCUT2D eigenvalue weighted by Gasteiger charge is -2.18. The Kier molecular flexibility index (Phi) is 53.8. The zero-order valence-corrected chi connectivity index (χ0v) is 44.9. The molecule has 0 spiro atoms. The lowest BCUT2D eigenvalue weighted by atomic mass is 10.0. The largest absolute Gasteiger partial charge is 0.462 e. The summed E-state index contributed by atoms with van der Waals surface area (Å²) < 4.78 is 16.8. The van der Waals surface area contributed by atoms with Gasteiger partial charge in [-0.3, -0.25) is 14.4 Å². The molecule has 68 heavy (non-hydrogen) atoms. The van der Waals surface area contributed by atoms with Crippen LogP contribution in [-0.2, 0) is 28.6 Å². The molecule has 0 N–H and O–H groups in total. The molecule has 0 aromatic rings. The molecule has 0 saturated carbocycles. The fourth-order valence-electron chi connectivity index (χ4n) is 8.11. The van der Waals surface area contributed by atoms with Gasteiger partial charge in [-0.15, -0.1) is 0 Å². The van der Waals surface area contributed by atoms with E-state index in [-0.39, 0.29) is 31.1 Å². The van der Waals surface area contributed by atoms with Gasteiger partial charge < -0.3 is 14.2 Å². The quantitative estimate of drug-likeness (QED) is 0.0262. The Morgan fingerprint density at radius 2 is 0.574 bits per heavy atom. The lowest BCUT2D eigenvalue weighted by molar-refractivity contribution is -0.167. The monoisotopic (exact) mass is 949 g/mol. The highest BCUT2D eigenvalue weighted by Gasteiger charge is 2.19. The van der Waals surface area contributed by atoms with E-state index in [9.17, 15) is 14.4 Å². The van der Waals surface area contributed by atoms with Gasteiger partial charge in [-0.2, -0.15) is 0 Å². The van der Waals surface area contributed by atoms with Gasteiger partial charge in [-0.25, -0.2) is 0 Å². The molecule has 0 unspecified atom stereocenters. The first-order chi connectivity index (χ1) is 33.5. The zero-order valence-electron chi connectivity index (χ0n) is 44.9. The first kappa shape index (κ1) is 64.8. The maximum atomic E-state index is 12.9. The average Bonchev–Trinajstić information content (AvgIpc) is 3.34. The van der Waals surface area contributed by atoms with Gasteiger partial charge >= 0.3 is 17.9 Å². The van der Waals surface area contributed by atoms with E-state index in [4.69, 9.17) is 14.2 Å². The minimum Gasteiger partial charge on any atom is -0.462 e. The molecule has 0 aliphatic heterocycles. The van der Waals surface area contributed by atoms with Crippen molar-refractivity contribution in [3.05, 3.63) is 72.9 Å². The van der Waals surface area contributed by atoms with Crippen molar-refractivity contribution < 1.29 is 28.6 Å². The van der Waals surface area contributed by atoms with Crippen LogP contribution in [-0.4, -0.2) is 37.2 Å². The van der Waals surface area contributed by atoms with Crippen LogP contribution in [0.25, 0.3) is 0 Å². The van der Waals surface area contributed by atoms with Crippen molar-refractivity contribution >= 4 is 17.9 Å². The number of unbranched alkanes of at least 4 members (excludes halogenated alkanes) is 29. The summed E-state index contributed by atoms with van der Waals surface area (Å²) >= 11 is 0. The summed E-state index contributed by atoms with van der Waals surface area (Å²) in [5, 5.41) is 0. The van der Waals surface area contributed by atoms with Crippen LogP contribution in [0, 0.1) is 0 Å². The van der Waals surface area contributed by atoms with Crippen molar-refractivity contribution in [3.8, 4) is 0 Å². The van der Waals surface area contributed by atoms with E-state index in [1.807, 2.05) is 0 Å². The number of carbonyl (C=O) groups excluding carboxylic acids is 3. The summed E-state index contributed by atoms with van der Waals surface area (Å²) in [5.41, 5.74) is 0. The highest BCUT2D eigenvalue weighted by Crippen LogP contribution is 2.16. The predicted octanol–water partition coefficient (Wildman–Crippen LogP) is 19.4. The molecule has 0 amide bonds. The van der Waals surface area contributed by atoms with Crippen LogP contribution >= 0.6 is 0 Å². The number of esters is 3. The van der Waals surface area contributed by atoms with Gasteiger partial charge in [0.2, 0.25) is 0 Å². The van der Waals surface area contributed by atoms with Crippen molar-refractivity contribution in [1.82, 2.24) is 0 Å². The number of hydrogen-bond donors (Lipinski definition) is 0. The Bertz CT molecular complexity index is 1270. The van der Waals surface area contributed by atoms with Crippen molar-refractivity contribution in [2.75, 3.05) is 13.2 Å². The van der Waals surface area contributed by atoms with Gasteiger partial charge in [0.1, 0.15) is 13.2 Å². The van der Waals surface area contributed by atoms with E-state index in [1.165, 1.54) is 141 Å². The van der Waals surface area contributed by atoms with E-state index >= 15 is 0 Å². The fourth-order valence-corrected chi connectivity index (χ4v) is 8.11. The Labute approximate surface area is 421 Å². The van der Waals surface area contributed by atoms with E-state index in [0.717, 1.165) is 103 Å². The van der Waals surface area contributed by atoms with E-state index in [1.54, 1.807) is 0 Å². The molecule has 1 atom stereocenters. The summed E-state index contributed by atoms with van der Waals surface area (Å²) in [6.07, 6.45) is 71.8. The van der Waals surface area contributed by atoms with Crippen LogP contribution in [0.3, 0.4) is 0 Å². The maximum Gasteiger partial charge on any atom is 0.306 e. The van der Waals surface area contributed by atoms with E-state index < -0.39 is 6.10 Å². The Morgan fingerprint density at radius 1 is 0.309 bits per heavy atom. The summed E-state index contributed by atoms with van der Waals surface area (Å²) in [5.74, 6) is -0.919. The second kappa shape index (κ2) is 56.4. The number of carbonyl (C=O) groups is 3. The Morgan fingerprint density at radius 3 is 0.941 bits per heavy atom. The molecule has 0 aromatic heterocycles. The van der Waals surface area contributed by atoms with Gasteiger partial charge in [0.25, 0.3) is 0 Å². The standard InChI is InChI=1S/C62H108O6/c1-4-7-10-13-16-19-22-25-27-29-31-33-34-37-40-43-46-49-52-55-61(64)67-58-59(57-66-60(63)54-51-48-45-42-39-36-24-21-18-15-12-9-6-3)68-62(65)56-53-50-47-44-41-38-35-32-30-28-26-23-20-17-14-11-8-5-2/h7,10,16,19,21,24-25,27,31,33,37,40,59H,4-6,8-9,11-15,17-18,20,22-23,26,28-30,32,34-36,38-39,41-58H2,1-3H3/b10-7+,19-16+,24-21+,27-25+,33-31+,40-37+/t59-/m1/s1. The molecule has 0 rings (SSSR count). The SMILES string of the molecule is CC/C=C/C/C=C/C/C=C/C/C=C/C/C=C/CCCCCC(=O)OC[C@@H](COC(=O)CCCCCCC/C=C/CCCCCC)OC(=O)CCCCCCCCCCCCCCCCCCCC. The molecule has 0 fully saturated rings. The summed E-state index contributed by atoms with van der Waals surface area (Å²) in [7, 11) is 0. The molecular formula is C62H108O6. The topological polar surface area (TPSA) is 78.9 Å². The fraction of sp³-hybridized carbons (Fsp3) is 0.758. The normalized spacial score (nSPS) is 12.6. The maximum absolute atomic E-state index is 12.9. The lowest BCUT2D eigenvalue weighted by Crippen LogP contribution is -2.30. The molecule has 6 heteroatoms. The number of hydrogen-bond acceptors (Lipinski definition) is 6.